The standard InChI is InChI=1S/C18H17F3N2O3/c19-18(20,21)11-2-1-3-12(7-11)22-13(24)8-23-16(25)14-9-4-5-10(6-9)15(14)17(23)26/h1-3,7,9-10,14-15H,4-6,8H2,(H,22,24)/t9-,10+,14-,15-/m0/s1. The van der Waals surface area contributed by atoms with Crippen molar-refractivity contribution >= 4 is 23.4 Å². The van der Waals surface area contributed by atoms with Gasteiger partial charge in [-0.05, 0) is 49.3 Å². The maximum atomic E-state index is 12.7. The molecule has 0 aromatic heterocycles. The fourth-order valence-electron chi connectivity index (χ4n) is 4.74. The average Bonchev–Trinajstić information content (AvgIpc) is 3.24. The SMILES string of the molecule is O=C(CN1C(=O)[C@H]2[C@@H]3CC[C@@H](C3)[C@@H]2C1=O)Nc1cccc(C(F)(F)F)c1. The number of nitrogens with one attached hydrogen (secondary N) is 1. The van der Waals surface area contributed by atoms with Crippen LogP contribution < -0.4 is 5.32 Å². The molecule has 1 aromatic carbocycles. The molecule has 2 bridgehead atoms. The lowest BCUT2D eigenvalue weighted by molar-refractivity contribution is -0.143. The van der Waals surface area contributed by atoms with E-state index in [1.165, 1.54) is 12.1 Å². The Morgan fingerprint density at radius 2 is 1.73 bits per heavy atom. The Kier molecular flexibility index (Phi) is 3.82. The largest absolute Gasteiger partial charge is 0.416 e. The lowest BCUT2D eigenvalue weighted by atomic mass is 9.81. The van der Waals surface area contributed by atoms with Gasteiger partial charge in [-0.25, -0.2) is 0 Å². The maximum Gasteiger partial charge on any atom is 0.416 e. The molecule has 5 nitrogen and oxygen atoms in total. The van der Waals surface area contributed by atoms with Crippen LogP contribution in [0.3, 0.4) is 0 Å². The van der Waals surface area contributed by atoms with Crippen molar-refractivity contribution in [3.63, 3.8) is 0 Å². The highest BCUT2D eigenvalue weighted by Crippen LogP contribution is 2.56. The number of amides is 3. The van der Waals surface area contributed by atoms with Crippen LogP contribution in [0, 0.1) is 23.7 Å². The molecule has 2 aliphatic carbocycles. The number of anilines is 1. The van der Waals surface area contributed by atoms with E-state index in [1.807, 2.05) is 0 Å². The first-order valence-electron chi connectivity index (χ1n) is 8.58. The summed E-state index contributed by atoms with van der Waals surface area (Å²) in [6.07, 6.45) is -1.74. The highest BCUT2D eigenvalue weighted by molar-refractivity contribution is 6.09. The molecule has 4 atom stereocenters. The summed E-state index contributed by atoms with van der Waals surface area (Å²) in [6, 6.07) is 4.24. The second-order valence-corrected chi connectivity index (χ2v) is 7.27. The highest BCUT2D eigenvalue weighted by Gasteiger charge is 2.60. The van der Waals surface area contributed by atoms with Crippen LogP contribution in [0.5, 0.6) is 0 Å². The number of imide groups is 1. The summed E-state index contributed by atoms with van der Waals surface area (Å²) in [5, 5.41) is 2.34. The molecule has 0 radical (unpaired) electrons. The van der Waals surface area contributed by atoms with Crippen LogP contribution in [0.2, 0.25) is 0 Å². The Hall–Kier alpha value is -2.38. The molecule has 8 heteroatoms. The molecular weight excluding hydrogens is 349 g/mol. The van der Waals surface area contributed by atoms with Crippen molar-refractivity contribution in [3.8, 4) is 0 Å². The van der Waals surface area contributed by atoms with Gasteiger partial charge in [-0.3, -0.25) is 19.3 Å². The van der Waals surface area contributed by atoms with Gasteiger partial charge in [0.2, 0.25) is 17.7 Å². The van der Waals surface area contributed by atoms with Gasteiger partial charge in [0.05, 0.1) is 17.4 Å². The zero-order valence-electron chi connectivity index (χ0n) is 13.8. The van der Waals surface area contributed by atoms with E-state index in [4.69, 9.17) is 0 Å². The highest BCUT2D eigenvalue weighted by atomic mass is 19.4. The Bertz CT molecular complexity index is 764. The second-order valence-electron chi connectivity index (χ2n) is 7.27. The molecule has 3 amide bonds. The Labute approximate surface area is 147 Å². The minimum Gasteiger partial charge on any atom is -0.325 e. The fraction of sp³-hybridized carbons (Fsp3) is 0.500. The predicted octanol–water partition coefficient (Wildman–Crippen LogP) is 2.68. The number of hydrogen-bond donors (Lipinski definition) is 1. The van der Waals surface area contributed by atoms with Crippen molar-refractivity contribution in [2.24, 2.45) is 23.7 Å². The van der Waals surface area contributed by atoms with E-state index in [-0.39, 0.29) is 41.2 Å². The van der Waals surface area contributed by atoms with Crippen LogP contribution >= 0.6 is 0 Å². The second kappa shape index (κ2) is 5.82. The molecule has 3 fully saturated rings. The van der Waals surface area contributed by atoms with Gasteiger partial charge < -0.3 is 5.32 Å². The molecule has 2 saturated carbocycles. The quantitative estimate of drug-likeness (QED) is 0.837. The molecule has 1 saturated heterocycles. The van der Waals surface area contributed by atoms with Gasteiger partial charge in [0, 0.05) is 5.69 Å². The monoisotopic (exact) mass is 366 g/mol. The van der Waals surface area contributed by atoms with Gasteiger partial charge >= 0.3 is 6.18 Å². The molecule has 26 heavy (non-hydrogen) atoms. The third kappa shape index (κ3) is 2.68. The van der Waals surface area contributed by atoms with E-state index >= 15 is 0 Å². The molecule has 1 aliphatic heterocycles. The number of hydrogen-bond acceptors (Lipinski definition) is 3. The van der Waals surface area contributed by atoms with E-state index in [0.717, 1.165) is 36.3 Å². The van der Waals surface area contributed by atoms with E-state index < -0.39 is 24.2 Å². The van der Waals surface area contributed by atoms with Crippen LogP contribution in [0.25, 0.3) is 0 Å². The summed E-state index contributed by atoms with van der Waals surface area (Å²) in [4.78, 5) is 38.2. The van der Waals surface area contributed by atoms with Crippen molar-refractivity contribution in [3.05, 3.63) is 29.8 Å². The number of benzene rings is 1. The van der Waals surface area contributed by atoms with Crippen LogP contribution in [-0.2, 0) is 20.6 Å². The Balaban J connectivity index is 1.44. The number of fused-ring (bicyclic) bond motifs is 5. The molecule has 1 aromatic rings. The molecule has 1 N–H and O–H groups in total. The van der Waals surface area contributed by atoms with Gasteiger partial charge in [-0.15, -0.1) is 0 Å². The molecule has 4 rings (SSSR count). The van der Waals surface area contributed by atoms with Gasteiger partial charge in [-0.1, -0.05) is 6.07 Å². The van der Waals surface area contributed by atoms with Crippen LogP contribution in [0.15, 0.2) is 24.3 Å². The minimum atomic E-state index is -4.52. The number of halogens is 3. The molecule has 3 aliphatic rings. The summed E-state index contributed by atoms with van der Waals surface area (Å²) < 4.78 is 38.2. The Morgan fingerprint density at radius 1 is 1.12 bits per heavy atom. The number of carbonyl (C=O) groups is 3. The summed E-state index contributed by atoms with van der Waals surface area (Å²) in [6.45, 7) is -0.458. The lowest BCUT2D eigenvalue weighted by Crippen LogP contribution is -2.39. The smallest absolute Gasteiger partial charge is 0.325 e. The summed E-state index contributed by atoms with van der Waals surface area (Å²) in [5.74, 6) is -1.50. The Morgan fingerprint density at radius 3 is 2.31 bits per heavy atom. The first kappa shape index (κ1) is 17.1. The topological polar surface area (TPSA) is 66.5 Å². The van der Waals surface area contributed by atoms with Gasteiger partial charge in [-0.2, -0.15) is 13.2 Å². The van der Waals surface area contributed by atoms with Gasteiger partial charge in [0.25, 0.3) is 0 Å². The molecule has 1 heterocycles. The first-order chi connectivity index (χ1) is 12.3. The normalized spacial score (nSPS) is 30.0. The van der Waals surface area contributed by atoms with E-state index in [2.05, 4.69) is 5.32 Å². The van der Waals surface area contributed by atoms with E-state index in [1.54, 1.807) is 0 Å². The van der Waals surface area contributed by atoms with Crippen molar-refractivity contribution < 1.29 is 27.6 Å². The average molecular weight is 366 g/mol. The predicted molar refractivity (Wildman–Crippen MR) is 84.6 cm³/mol. The van der Waals surface area contributed by atoms with Crippen molar-refractivity contribution in [1.82, 2.24) is 4.90 Å². The van der Waals surface area contributed by atoms with E-state index in [9.17, 15) is 27.6 Å². The zero-order valence-corrected chi connectivity index (χ0v) is 13.8. The number of nitrogens with zero attached hydrogens (tertiary/aromatic N) is 1. The summed E-state index contributed by atoms with van der Waals surface area (Å²) >= 11 is 0. The molecule has 0 unspecified atom stereocenters. The van der Waals surface area contributed by atoms with Gasteiger partial charge in [0.1, 0.15) is 6.54 Å². The van der Waals surface area contributed by atoms with Crippen molar-refractivity contribution in [1.29, 1.82) is 0 Å². The summed E-state index contributed by atoms with van der Waals surface area (Å²) in [7, 11) is 0. The molecule has 0 spiro atoms. The fourth-order valence-corrected chi connectivity index (χ4v) is 4.74. The van der Waals surface area contributed by atoms with Crippen LogP contribution in [0.4, 0.5) is 18.9 Å². The summed E-state index contributed by atoms with van der Waals surface area (Å²) in [5.41, 5.74) is -0.904. The van der Waals surface area contributed by atoms with Crippen molar-refractivity contribution in [2.75, 3.05) is 11.9 Å². The maximum absolute atomic E-state index is 12.7. The van der Waals surface area contributed by atoms with Crippen LogP contribution in [-0.4, -0.2) is 29.2 Å². The first-order valence-corrected chi connectivity index (χ1v) is 8.58. The number of likely N-dealkylation sites (tertiary alicyclic amines) is 1. The number of alkyl halides is 3. The molecular formula is C18H17F3N2O3. The lowest BCUT2D eigenvalue weighted by Gasteiger charge is -2.19. The zero-order chi connectivity index (χ0) is 18.6. The third-order valence-corrected chi connectivity index (χ3v) is 5.79. The molecule has 138 valence electrons. The van der Waals surface area contributed by atoms with Gasteiger partial charge in [0.15, 0.2) is 0 Å². The minimum absolute atomic E-state index is 0.0239. The third-order valence-electron chi connectivity index (χ3n) is 5.79. The number of rotatable bonds is 3. The van der Waals surface area contributed by atoms with Crippen LogP contribution in [0.1, 0.15) is 24.8 Å². The van der Waals surface area contributed by atoms with Crippen molar-refractivity contribution in [2.45, 2.75) is 25.4 Å². The van der Waals surface area contributed by atoms with E-state index in [0.29, 0.717) is 0 Å². The number of carbonyl (C=O) groups excluding carboxylic acids is 3.